The summed E-state index contributed by atoms with van der Waals surface area (Å²) in [5.74, 6) is 1.97. The SMILES string of the molecule is COc1ccc(/C=N\n2c(-c3ccco3)n[nH]c2=S)c(Cl)c1OC. The highest BCUT2D eigenvalue weighted by atomic mass is 35.5. The highest BCUT2D eigenvalue weighted by Gasteiger charge is 2.13. The Bertz CT molecular complexity index is 931. The first-order chi connectivity index (χ1) is 11.7. The Morgan fingerprint density at radius 2 is 2.17 bits per heavy atom. The Labute approximate surface area is 147 Å². The van der Waals surface area contributed by atoms with Crippen molar-refractivity contribution >= 4 is 30.0 Å². The lowest BCUT2D eigenvalue weighted by atomic mass is 10.2. The smallest absolute Gasteiger partial charge is 0.219 e. The number of aromatic amines is 1. The van der Waals surface area contributed by atoms with Crippen molar-refractivity contribution < 1.29 is 13.9 Å². The van der Waals surface area contributed by atoms with Crippen molar-refractivity contribution in [3.63, 3.8) is 0 Å². The maximum Gasteiger partial charge on any atom is 0.219 e. The second-order valence-corrected chi connectivity index (χ2v) is 5.35. The van der Waals surface area contributed by atoms with Crippen molar-refractivity contribution in [2.45, 2.75) is 0 Å². The summed E-state index contributed by atoms with van der Waals surface area (Å²) in [5, 5.41) is 11.5. The zero-order valence-corrected chi connectivity index (χ0v) is 14.4. The van der Waals surface area contributed by atoms with Gasteiger partial charge in [-0.05, 0) is 36.5 Å². The fraction of sp³-hybridized carbons (Fsp3) is 0.133. The molecule has 0 atom stereocenters. The van der Waals surface area contributed by atoms with Crippen LogP contribution in [0.2, 0.25) is 5.02 Å². The van der Waals surface area contributed by atoms with E-state index in [1.165, 1.54) is 11.8 Å². The van der Waals surface area contributed by atoms with Crippen LogP contribution in [0.3, 0.4) is 0 Å². The van der Waals surface area contributed by atoms with Crippen molar-refractivity contribution in [2.24, 2.45) is 5.10 Å². The Kier molecular flexibility index (Phi) is 4.68. The van der Waals surface area contributed by atoms with E-state index in [9.17, 15) is 0 Å². The maximum absolute atomic E-state index is 6.34. The van der Waals surface area contributed by atoms with Crippen molar-refractivity contribution in [3.05, 3.63) is 45.9 Å². The van der Waals surface area contributed by atoms with Crippen molar-refractivity contribution in [1.29, 1.82) is 0 Å². The van der Waals surface area contributed by atoms with Crippen LogP contribution in [0.4, 0.5) is 0 Å². The van der Waals surface area contributed by atoms with Crippen molar-refractivity contribution in [3.8, 4) is 23.1 Å². The van der Waals surface area contributed by atoms with Gasteiger partial charge in [-0.1, -0.05) is 11.6 Å². The van der Waals surface area contributed by atoms with Crippen LogP contribution in [0.25, 0.3) is 11.6 Å². The van der Waals surface area contributed by atoms with Gasteiger partial charge in [0, 0.05) is 5.56 Å². The van der Waals surface area contributed by atoms with Gasteiger partial charge in [-0.25, -0.2) is 5.10 Å². The highest BCUT2D eigenvalue weighted by Crippen LogP contribution is 2.36. The molecule has 3 rings (SSSR count). The summed E-state index contributed by atoms with van der Waals surface area (Å²) in [6.45, 7) is 0. The zero-order chi connectivity index (χ0) is 17.1. The normalized spacial score (nSPS) is 11.1. The lowest BCUT2D eigenvalue weighted by Crippen LogP contribution is -1.97. The highest BCUT2D eigenvalue weighted by molar-refractivity contribution is 7.71. The predicted octanol–water partition coefficient (Wildman–Crippen LogP) is 3.75. The minimum Gasteiger partial charge on any atom is -0.493 e. The third-order valence-electron chi connectivity index (χ3n) is 3.22. The van der Waals surface area contributed by atoms with E-state index in [2.05, 4.69) is 15.3 Å². The van der Waals surface area contributed by atoms with Crippen LogP contribution in [-0.2, 0) is 0 Å². The molecule has 9 heteroatoms. The molecular weight excluding hydrogens is 352 g/mol. The van der Waals surface area contributed by atoms with E-state index in [1.54, 1.807) is 43.9 Å². The number of hydrogen-bond donors (Lipinski definition) is 1. The Morgan fingerprint density at radius 3 is 2.83 bits per heavy atom. The number of nitrogens with one attached hydrogen (secondary N) is 1. The predicted molar refractivity (Wildman–Crippen MR) is 92.7 cm³/mol. The lowest BCUT2D eigenvalue weighted by Gasteiger charge is -2.10. The molecule has 2 heterocycles. The molecule has 0 aliphatic heterocycles. The molecule has 0 saturated heterocycles. The molecule has 0 aliphatic carbocycles. The first-order valence-electron chi connectivity index (χ1n) is 6.82. The fourth-order valence-electron chi connectivity index (χ4n) is 2.09. The number of nitrogens with zero attached hydrogens (tertiary/aromatic N) is 3. The number of hydrogen-bond acceptors (Lipinski definition) is 6. The van der Waals surface area contributed by atoms with Crippen LogP contribution >= 0.6 is 23.8 Å². The second kappa shape index (κ2) is 6.90. The molecule has 7 nitrogen and oxygen atoms in total. The van der Waals surface area contributed by atoms with Gasteiger partial charge in [-0.2, -0.15) is 9.78 Å². The molecule has 124 valence electrons. The molecule has 3 aromatic rings. The number of aromatic nitrogens is 3. The van der Waals surface area contributed by atoms with Crippen molar-refractivity contribution in [2.75, 3.05) is 14.2 Å². The maximum atomic E-state index is 6.34. The minimum absolute atomic E-state index is 0.328. The zero-order valence-electron chi connectivity index (χ0n) is 12.8. The van der Waals surface area contributed by atoms with Crippen LogP contribution < -0.4 is 9.47 Å². The van der Waals surface area contributed by atoms with E-state index in [0.29, 0.717) is 38.4 Å². The van der Waals surface area contributed by atoms with Gasteiger partial charge in [-0.3, -0.25) is 0 Å². The number of rotatable bonds is 5. The third-order valence-corrected chi connectivity index (χ3v) is 3.87. The van der Waals surface area contributed by atoms with Gasteiger partial charge in [0.2, 0.25) is 10.6 Å². The van der Waals surface area contributed by atoms with Gasteiger partial charge in [0.15, 0.2) is 17.3 Å². The minimum atomic E-state index is 0.328. The van der Waals surface area contributed by atoms with E-state index < -0.39 is 0 Å². The molecule has 0 bridgehead atoms. The summed E-state index contributed by atoms with van der Waals surface area (Å²) >= 11 is 11.5. The summed E-state index contributed by atoms with van der Waals surface area (Å²) in [6.07, 6.45) is 3.11. The standard InChI is InChI=1S/C15H13ClN4O3S/c1-21-10-6-5-9(12(16)13(10)22-2)8-17-20-14(18-19-15(20)24)11-4-3-7-23-11/h3-8H,1-2H3,(H,19,24)/b17-8-. The van der Waals surface area contributed by atoms with E-state index in [0.717, 1.165) is 0 Å². The summed E-state index contributed by atoms with van der Waals surface area (Å²) in [6, 6.07) is 7.03. The van der Waals surface area contributed by atoms with E-state index >= 15 is 0 Å². The largest absolute Gasteiger partial charge is 0.493 e. The summed E-state index contributed by atoms with van der Waals surface area (Å²) in [4.78, 5) is 0. The summed E-state index contributed by atoms with van der Waals surface area (Å²) in [7, 11) is 3.06. The average molecular weight is 365 g/mol. The van der Waals surface area contributed by atoms with Gasteiger partial charge in [-0.15, -0.1) is 5.10 Å². The van der Waals surface area contributed by atoms with Gasteiger partial charge in [0.25, 0.3) is 0 Å². The summed E-state index contributed by atoms with van der Waals surface area (Å²) in [5.41, 5.74) is 0.641. The molecule has 0 radical (unpaired) electrons. The van der Waals surface area contributed by atoms with E-state index in [1.807, 2.05) is 0 Å². The van der Waals surface area contributed by atoms with Crippen LogP contribution in [0.15, 0.2) is 40.0 Å². The molecule has 0 aliphatic rings. The lowest BCUT2D eigenvalue weighted by molar-refractivity contribution is 0.355. The first kappa shape index (κ1) is 16.3. The number of halogens is 1. The molecule has 0 spiro atoms. The monoisotopic (exact) mass is 364 g/mol. The Morgan fingerprint density at radius 1 is 1.33 bits per heavy atom. The van der Waals surface area contributed by atoms with Crippen LogP contribution in [0.5, 0.6) is 11.5 Å². The van der Waals surface area contributed by atoms with Gasteiger partial charge in [0.05, 0.1) is 31.7 Å². The first-order valence-corrected chi connectivity index (χ1v) is 7.60. The molecule has 0 amide bonds. The number of furan rings is 1. The van der Waals surface area contributed by atoms with Crippen LogP contribution in [0, 0.1) is 4.77 Å². The van der Waals surface area contributed by atoms with Crippen LogP contribution in [-0.4, -0.2) is 35.3 Å². The fourth-order valence-corrected chi connectivity index (χ4v) is 2.55. The summed E-state index contributed by atoms with van der Waals surface area (Å²) < 4.78 is 17.6. The number of methoxy groups -OCH3 is 2. The van der Waals surface area contributed by atoms with Gasteiger partial charge >= 0.3 is 0 Å². The average Bonchev–Trinajstić information content (AvgIpc) is 3.23. The van der Waals surface area contributed by atoms with Gasteiger partial charge < -0.3 is 13.9 Å². The quantitative estimate of drug-likeness (QED) is 0.551. The molecule has 24 heavy (non-hydrogen) atoms. The Balaban J connectivity index is 2.01. The molecule has 0 fully saturated rings. The van der Waals surface area contributed by atoms with Gasteiger partial charge in [0.1, 0.15) is 0 Å². The number of ether oxygens (including phenoxy) is 2. The second-order valence-electron chi connectivity index (χ2n) is 4.59. The van der Waals surface area contributed by atoms with E-state index in [-0.39, 0.29) is 0 Å². The molecule has 2 aromatic heterocycles. The molecule has 0 saturated carbocycles. The van der Waals surface area contributed by atoms with E-state index in [4.69, 9.17) is 37.7 Å². The number of benzene rings is 1. The molecule has 1 aromatic carbocycles. The molecule has 1 N–H and O–H groups in total. The van der Waals surface area contributed by atoms with Crippen LogP contribution in [0.1, 0.15) is 5.56 Å². The molecule has 0 unspecified atom stereocenters. The third kappa shape index (κ3) is 2.93. The van der Waals surface area contributed by atoms with Crippen molar-refractivity contribution in [1.82, 2.24) is 14.9 Å². The number of H-pyrrole nitrogens is 1. The topological polar surface area (TPSA) is 77.6 Å². The Hall–Kier alpha value is -2.58. The molecular formula is C15H13ClN4O3S.